The van der Waals surface area contributed by atoms with E-state index in [1.54, 1.807) is 31.2 Å². The summed E-state index contributed by atoms with van der Waals surface area (Å²) in [5, 5.41) is 7.03. The van der Waals surface area contributed by atoms with Crippen LogP contribution in [0.5, 0.6) is 0 Å². The first-order valence-electron chi connectivity index (χ1n) is 7.90. The maximum atomic E-state index is 12.1. The molecule has 2 N–H and O–H groups in total. The highest BCUT2D eigenvalue weighted by Crippen LogP contribution is 2.24. The first-order chi connectivity index (χ1) is 10.6. The average Bonchev–Trinajstić information content (AvgIpc) is 3.00. The summed E-state index contributed by atoms with van der Waals surface area (Å²) in [4.78, 5) is 23.4. The van der Waals surface area contributed by atoms with Crippen LogP contribution >= 0.6 is 0 Å². The Morgan fingerprint density at radius 3 is 2.59 bits per heavy atom. The monoisotopic (exact) mass is 301 g/mol. The molecule has 118 valence electrons. The van der Waals surface area contributed by atoms with E-state index in [9.17, 15) is 9.59 Å². The smallest absolute Gasteiger partial charge is 0.271 e. The predicted molar refractivity (Wildman–Crippen MR) is 87.9 cm³/mol. The van der Waals surface area contributed by atoms with Crippen molar-refractivity contribution in [1.29, 1.82) is 0 Å². The Hall–Kier alpha value is -2.17. The molecule has 0 aromatic heterocycles. The Bertz CT molecular complexity index is 564. The molecule has 0 radical (unpaired) electrons. The van der Waals surface area contributed by atoms with E-state index in [0.717, 1.165) is 31.4 Å². The molecule has 5 heteroatoms. The van der Waals surface area contributed by atoms with Crippen LogP contribution in [0.4, 0.5) is 5.69 Å². The van der Waals surface area contributed by atoms with Crippen molar-refractivity contribution in [3.8, 4) is 0 Å². The summed E-state index contributed by atoms with van der Waals surface area (Å²) in [5.41, 5.74) is 4.96. The third-order valence-electron chi connectivity index (χ3n) is 4.00. The largest absolute Gasteiger partial charge is 0.326 e. The molecular formula is C17H23N3O2. The normalized spacial score (nSPS) is 19.2. The Kier molecular flexibility index (Phi) is 5.69. The zero-order chi connectivity index (χ0) is 15.9. The summed E-state index contributed by atoms with van der Waals surface area (Å²) >= 11 is 0. The van der Waals surface area contributed by atoms with Crippen molar-refractivity contribution in [1.82, 2.24) is 5.43 Å². The molecule has 2 rings (SSSR count). The van der Waals surface area contributed by atoms with Gasteiger partial charge in [-0.05, 0) is 55.9 Å². The van der Waals surface area contributed by atoms with Crippen LogP contribution in [0.2, 0.25) is 0 Å². The highest BCUT2D eigenvalue weighted by molar-refractivity contribution is 5.97. The van der Waals surface area contributed by atoms with E-state index >= 15 is 0 Å². The third kappa shape index (κ3) is 4.16. The van der Waals surface area contributed by atoms with Crippen LogP contribution in [-0.2, 0) is 4.79 Å². The van der Waals surface area contributed by atoms with Crippen molar-refractivity contribution in [2.24, 2.45) is 11.0 Å². The molecule has 0 spiro atoms. The molecule has 1 fully saturated rings. The Balaban J connectivity index is 1.95. The number of carbonyl (C=O) groups excluding carboxylic acids is 2. The molecule has 2 amide bonds. The number of anilines is 1. The second kappa shape index (κ2) is 7.73. The van der Waals surface area contributed by atoms with Gasteiger partial charge in [0.05, 0.1) is 0 Å². The van der Waals surface area contributed by atoms with Crippen LogP contribution in [0.1, 0.15) is 56.3 Å². The minimum atomic E-state index is -0.220. The van der Waals surface area contributed by atoms with E-state index in [1.807, 2.05) is 0 Å². The minimum absolute atomic E-state index is 0.0459. The molecule has 0 saturated heterocycles. The van der Waals surface area contributed by atoms with Crippen LogP contribution in [0, 0.1) is 5.92 Å². The molecular weight excluding hydrogens is 278 g/mol. The number of hydrogen-bond donors (Lipinski definition) is 2. The van der Waals surface area contributed by atoms with Crippen LogP contribution in [0.25, 0.3) is 0 Å². The lowest BCUT2D eigenvalue weighted by atomic mass is 10.0. The fourth-order valence-electron chi connectivity index (χ4n) is 2.63. The number of hydrazone groups is 1. The van der Waals surface area contributed by atoms with Gasteiger partial charge in [-0.2, -0.15) is 5.10 Å². The molecule has 1 saturated carbocycles. The Labute approximate surface area is 131 Å². The van der Waals surface area contributed by atoms with E-state index in [1.165, 1.54) is 0 Å². The number of benzene rings is 1. The number of hydrogen-bond acceptors (Lipinski definition) is 3. The first kappa shape index (κ1) is 16.2. The fourth-order valence-corrected chi connectivity index (χ4v) is 2.63. The van der Waals surface area contributed by atoms with Gasteiger partial charge in [-0.25, -0.2) is 5.43 Å². The van der Waals surface area contributed by atoms with Gasteiger partial charge in [0, 0.05) is 23.4 Å². The van der Waals surface area contributed by atoms with Gasteiger partial charge in [0.2, 0.25) is 5.91 Å². The van der Waals surface area contributed by atoms with Crippen LogP contribution in [-0.4, -0.2) is 17.5 Å². The maximum absolute atomic E-state index is 12.1. The standard InChI is InChI=1S/C17H23N3O2/c1-3-12-6-5-7-15(12)19-20-17(22)13-8-10-14(11-9-13)18-16(21)4-2/h8-12H,3-7H2,1-2H3,(H,18,21)(H,20,22). The lowest BCUT2D eigenvalue weighted by Gasteiger charge is -2.08. The molecule has 5 nitrogen and oxygen atoms in total. The first-order valence-corrected chi connectivity index (χ1v) is 7.90. The number of amides is 2. The SMILES string of the molecule is CCC(=O)Nc1ccc(C(=O)NN=C2CCCC2CC)cc1. The molecule has 0 aliphatic heterocycles. The fraction of sp³-hybridized carbons (Fsp3) is 0.471. The van der Waals surface area contributed by atoms with Gasteiger partial charge in [0.1, 0.15) is 0 Å². The highest BCUT2D eigenvalue weighted by atomic mass is 16.2. The quantitative estimate of drug-likeness (QED) is 0.819. The maximum Gasteiger partial charge on any atom is 0.271 e. The highest BCUT2D eigenvalue weighted by Gasteiger charge is 2.21. The predicted octanol–water partition coefficient (Wildman–Crippen LogP) is 3.33. The lowest BCUT2D eigenvalue weighted by Crippen LogP contribution is -2.21. The van der Waals surface area contributed by atoms with Gasteiger partial charge in [-0.1, -0.05) is 13.8 Å². The van der Waals surface area contributed by atoms with Crippen molar-refractivity contribution in [3.05, 3.63) is 29.8 Å². The molecule has 1 unspecified atom stereocenters. The van der Waals surface area contributed by atoms with Gasteiger partial charge < -0.3 is 5.32 Å². The minimum Gasteiger partial charge on any atom is -0.326 e. The van der Waals surface area contributed by atoms with Gasteiger partial charge in [-0.15, -0.1) is 0 Å². The lowest BCUT2D eigenvalue weighted by molar-refractivity contribution is -0.115. The van der Waals surface area contributed by atoms with Crippen molar-refractivity contribution >= 4 is 23.2 Å². The Morgan fingerprint density at radius 2 is 1.95 bits per heavy atom. The van der Waals surface area contributed by atoms with Gasteiger partial charge in [-0.3, -0.25) is 9.59 Å². The molecule has 1 aromatic rings. The van der Waals surface area contributed by atoms with Crippen molar-refractivity contribution in [3.63, 3.8) is 0 Å². The van der Waals surface area contributed by atoms with E-state index in [4.69, 9.17) is 0 Å². The summed E-state index contributed by atoms with van der Waals surface area (Å²) in [6.07, 6.45) is 4.79. The van der Waals surface area contributed by atoms with Crippen molar-refractivity contribution in [2.75, 3.05) is 5.32 Å². The number of nitrogens with one attached hydrogen (secondary N) is 2. The number of carbonyl (C=O) groups is 2. The second-order valence-electron chi connectivity index (χ2n) is 5.52. The summed E-state index contributed by atoms with van der Waals surface area (Å²) in [5.74, 6) is 0.241. The molecule has 1 aliphatic carbocycles. The molecule has 22 heavy (non-hydrogen) atoms. The van der Waals surface area contributed by atoms with E-state index in [-0.39, 0.29) is 11.8 Å². The molecule has 1 aliphatic rings. The molecule has 0 bridgehead atoms. The van der Waals surface area contributed by atoms with Crippen LogP contribution in [0.3, 0.4) is 0 Å². The third-order valence-corrected chi connectivity index (χ3v) is 4.00. The van der Waals surface area contributed by atoms with Crippen LogP contribution < -0.4 is 10.7 Å². The summed E-state index contributed by atoms with van der Waals surface area (Å²) in [7, 11) is 0. The van der Waals surface area contributed by atoms with Gasteiger partial charge >= 0.3 is 0 Å². The summed E-state index contributed by atoms with van der Waals surface area (Å²) < 4.78 is 0. The van der Waals surface area contributed by atoms with E-state index in [0.29, 0.717) is 23.6 Å². The van der Waals surface area contributed by atoms with Crippen molar-refractivity contribution < 1.29 is 9.59 Å². The van der Waals surface area contributed by atoms with Gasteiger partial charge in [0.15, 0.2) is 0 Å². The topological polar surface area (TPSA) is 70.6 Å². The van der Waals surface area contributed by atoms with Crippen molar-refractivity contribution in [2.45, 2.75) is 46.0 Å². The summed E-state index contributed by atoms with van der Waals surface area (Å²) in [6, 6.07) is 6.82. The van der Waals surface area contributed by atoms with Crippen LogP contribution in [0.15, 0.2) is 29.4 Å². The average molecular weight is 301 g/mol. The Morgan fingerprint density at radius 1 is 1.23 bits per heavy atom. The molecule has 1 atom stereocenters. The molecule has 0 heterocycles. The zero-order valence-corrected chi connectivity index (χ0v) is 13.2. The zero-order valence-electron chi connectivity index (χ0n) is 13.2. The number of rotatable bonds is 5. The second-order valence-corrected chi connectivity index (χ2v) is 5.52. The van der Waals surface area contributed by atoms with Gasteiger partial charge in [0.25, 0.3) is 5.91 Å². The van der Waals surface area contributed by atoms with E-state index < -0.39 is 0 Å². The van der Waals surface area contributed by atoms with E-state index in [2.05, 4.69) is 22.8 Å². The number of nitrogens with zero attached hydrogens (tertiary/aromatic N) is 1. The summed E-state index contributed by atoms with van der Waals surface area (Å²) in [6.45, 7) is 3.94. The molecule has 1 aromatic carbocycles.